The molecule has 0 radical (unpaired) electrons. The van der Waals surface area contributed by atoms with E-state index < -0.39 is 0 Å². The van der Waals surface area contributed by atoms with Gasteiger partial charge in [0, 0.05) is 11.6 Å². The zero-order valence-electron chi connectivity index (χ0n) is 16.2. The van der Waals surface area contributed by atoms with E-state index in [1.807, 2.05) is 42.5 Å². The van der Waals surface area contributed by atoms with Gasteiger partial charge in [-0.15, -0.1) is 0 Å². The lowest BCUT2D eigenvalue weighted by Crippen LogP contribution is -2.27. The number of imidazole rings is 1. The number of amides is 1. The number of ether oxygens (including phenoxy) is 2. The Morgan fingerprint density at radius 1 is 1.07 bits per heavy atom. The van der Waals surface area contributed by atoms with Gasteiger partial charge in [-0.05, 0) is 38.1 Å². The molecule has 1 aromatic heterocycles. The van der Waals surface area contributed by atoms with Crippen LogP contribution in [0.3, 0.4) is 0 Å². The number of nitrogens with one attached hydrogen (secondary N) is 1. The van der Waals surface area contributed by atoms with Crippen molar-refractivity contribution in [3.8, 4) is 11.5 Å². The molecule has 1 amide bonds. The van der Waals surface area contributed by atoms with Crippen molar-refractivity contribution >= 4 is 16.9 Å². The van der Waals surface area contributed by atoms with Gasteiger partial charge in [-0.3, -0.25) is 4.79 Å². The van der Waals surface area contributed by atoms with Crippen molar-refractivity contribution in [1.29, 1.82) is 0 Å². The Hall–Kier alpha value is -3.02. The van der Waals surface area contributed by atoms with Crippen molar-refractivity contribution in [3.05, 3.63) is 53.9 Å². The number of hydrogen-bond acceptors (Lipinski definition) is 4. The largest absolute Gasteiger partial charge is 0.496 e. The van der Waals surface area contributed by atoms with Crippen LogP contribution >= 0.6 is 0 Å². The third-order valence-corrected chi connectivity index (χ3v) is 4.50. The predicted octanol–water partition coefficient (Wildman–Crippen LogP) is 3.49. The number of carbonyl (C=O) groups excluding carboxylic acids is 1. The lowest BCUT2D eigenvalue weighted by molar-refractivity contribution is -0.120. The Morgan fingerprint density at radius 3 is 2.37 bits per heavy atom. The van der Waals surface area contributed by atoms with E-state index in [4.69, 9.17) is 9.47 Å². The minimum atomic E-state index is -0.111. The van der Waals surface area contributed by atoms with Crippen molar-refractivity contribution in [2.45, 2.75) is 32.9 Å². The Morgan fingerprint density at radius 2 is 1.74 bits per heavy atom. The summed E-state index contributed by atoms with van der Waals surface area (Å²) in [5, 5.41) is 2.97. The second-order valence-corrected chi connectivity index (χ2v) is 6.58. The maximum Gasteiger partial charge on any atom is 0.225 e. The van der Waals surface area contributed by atoms with Gasteiger partial charge in [-0.2, -0.15) is 0 Å². The van der Waals surface area contributed by atoms with Gasteiger partial charge in [0.05, 0.1) is 38.2 Å². The van der Waals surface area contributed by atoms with Crippen LogP contribution in [0.25, 0.3) is 11.0 Å². The number of para-hydroxylation sites is 2. The molecule has 0 aliphatic rings. The second kappa shape index (κ2) is 8.12. The Bertz CT molecular complexity index is 925. The number of methoxy groups -OCH3 is 2. The molecule has 27 heavy (non-hydrogen) atoms. The quantitative estimate of drug-likeness (QED) is 0.694. The van der Waals surface area contributed by atoms with Gasteiger partial charge in [0.1, 0.15) is 17.3 Å². The summed E-state index contributed by atoms with van der Waals surface area (Å²) in [6.07, 6.45) is 0.176. The monoisotopic (exact) mass is 367 g/mol. The standard InChI is InChI=1S/C21H25N3O3/c1-14(2)24-17-9-6-5-8-16(17)23-20(24)13-22-21(25)12-15-18(26-3)10-7-11-19(15)27-4/h5-11,14H,12-13H2,1-4H3,(H,22,25). The highest BCUT2D eigenvalue weighted by atomic mass is 16.5. The van der Waals surface area contributed by atoms with E-state index >= 15 is 0 Å². The lowest BCUT2D eigenvalue weighted by Gasteiger charge is -2.15. The average molecular weight is 367 g/mol. The fourth-order valence-corrected chi connectivity index (χ4v) is 3.30. The number of fused-ring (bicyclic) bond motifs is 1. The topological polar surface area (TPSA) is 65.4 Å². The summed E-state index contributed by atoms with van der Waals surface area (Å²) in [5.41, 5.74) is 2.74. The SMILES string of the molecule is COc1cccc(OC)c1CC(=O)NCc1nc2ccccc2n1C(C)C. The summed E-state index contributed by atoms with van der Waals surface area (Å²) >= 11 is 0. The van der Waals surface area contributed by atoms with Crippen molar-refractivity contribution in [2.24, 2.45) is 0 Å². The molecule has 0 aliphatic carbocycles. The van der Waals surface area contributed by atoms with Crippen molar-refractivity contribution in [3.63, 3.8) is 0 Å². The number of benzene rings is 2. The van der Waals surface area contributed by atoms with Crippen LogP contribution in [0.5, 0.6) is 11.5 Å². The molecule has 2 aromatic carbocycles. The molecule has 1 N–H and O–H groups in total. The molecule has 0 saturated heterocycles. The van der Waals surface area contributed by atoms with Crippen LogP contribution in [-0.2, 0) is 17.8 Å². The zero-order valence-corrected chi connectivity index (χ0v) is 16.2. The third-order valence-electron chi connectivity index (χ3n) is 4.50. The highest BCUT2D eigenvalue weighted by molar-refractivity contribution is 5.80. The van der Waals surface area contributed by atoms with E-state index in [-0.39, 0.29) is 18.4 Å². The van der Waals surface area contributed by atoms with Crippen LogP contribution in [0.2, 0.25) is 0 Å². The molecule has 0 spiro atoms. The second-order valence-electron chi connectivity index (χ2n) is 6.58. The first-order chi connectivity index (χ1) is 13.0. The van der Waals surface area contributed by atoms with Gasteiger partial charge in [0.25, 0.3) is 0 Å². The molecule has 6 heteroatoms. The minimum Gasteiger partial charge on any atom is -0.496 e. The number of carbonyl (C=O) groups is 1. The average Bonchev–Trinajstić information content (AvgIpc) is 3.05. The van der Waals surface area contributed by atoms with Crippen LogP contribution in [-0.4, -0.2) is 29.7 Å². The fourth-order valence-electron chi connectivity index (χ4n) is 3.30. The van der Waals surface area contributed by atoms with Crippen molar-refractivity contribution in [2.75, 3.05) is 14.2 Å². The Labute approximate surface area is 159 Å². The summed E-state index contributed by atoms with van der Waals surface area (Å²) in [6, 6.07) is 13.7. The summed E-state index contributed by atoms with van der Waals surface area (Å²) in [7, 11) is 3.17. The molecule has 6 nitrogen and oxygen atoms in total. The first-order valence-corrected chi connectivity index (χ1v) is 8.97. The molecule has 0 atom stereocenters. The minimum absolute atomic E-state index is 0.111. The number of nitrogens with zero attached hydrogens (tertiary/aromatic N) is 2. The molecule has 1 heterocycles. The molecule has 3 aromatic rings. The molecule has 3 rings (SSSR count). The maximum atomic E-state index is 12.6. The van der Waals surface area contributed by atoms with Crippen LogP contribution in [0.15, 0.2) is 42.5 Å². The lowest BCUT2D eigenvalue weighted by atomic mass is 10.1. The van der Waals surface area contributed by atoms with Gasteiger partial charge in [0.2, 0.25) is 5.91 Å². The molecule has 0 unspecified atom stereocenters. The summed E-state index contributed by atoms with van der Waals surface area (Å²) in [5.74, 6) is 2.00. The van der Waals surface area contributed by atoms with Gasteiger partial charge < -0.3 is 19.4 Å². The highest BCUT2D eigenvalue weighted by Gasteiger charge is 2.16. The Kier molecular flexibility index (Phi) is 5.64. The predicted molar refractivity (Wildman–Crippen MR) is 105 cm³/mol. The van der Waals surface area contributed by atoms with E-state index in [0.29, 0.717) is 18.0 Å². The van der Waals surface area contributed by atoms with Crippen LogP contribution in [0.4, 0.5) is 0 Å². The van der Waals surface area contributed by atoms with E-state index in [0.717, 1.165) is 22.4 Å². The van der Waals surface area contributed by atoms with Gasteiger partial charge in [0.15, 0.2) is 0 Å². The van der Waals surface area contributed by atoms with Gasteiger partial charge in [-0.1, -0.05) is 18.2 Å². The van der Waals surface area contributed by atoms with Crippen LogP contribution < -0.4 is 14.8 Å². The third kappa shape index (κ3) is 3.89. The van der Waals surface area contributed by atoms with Crippen molar-refractivity contribution in [1.82, 2.24) is 14.9 Å². The highest BCUT2D eigenvalue weighted by Crippen LogP contribution is 2.28. The normalized spacial score (nSPS) is 11.0. The van der Waals surface area contributed by atoms with E-state index in [1.54, 1.807) is 14.2 Å². The van der Waals surface area contributed by atoms with Crippen LogP contribution in [0, 0.1) is 0 Å². The van der Waals surface area contributed by atoms with E-state index in [9.17, 15) is 4.79 Å². The van der Waals surface area contributed by atoms with Crippen molar-refractivity contribution < 1.29 is 14.3 Å². The van der Waals surface area contributed by atoms with E-state index in [2.05, 4.69) is 28.7 Å². The summed E-state index contributed by atoms with van der Waals surface area (Å²) in [4.78, 5) is 17.2. The molecule has 0 bridgehead atoms. The maximum absolute atomic E-state index is 12.6. The molecular formula is C21H25N3O3. The number of hydrogen-bond donors (Lipinski definition) is 1. The van der Waals surface area contributed by atoms with Gasteiger partial charge >= 0.3 is 0 Å². The summed E-state index contributed by atoms with van der Waals surface area (Å²) in [6.45, 7) is 4.58. The molecule has 0 aliphatic heterocycles. The fraction of sp³-hybridized carbons (Fsp3) is 0.333. The smallest absolute Gasteiger partial charge is 0.225 e. The molecule has 0 fully saturated rings. The first-order valence-electron chi connectivity index (χ1n) is 8.97. The zero-order chi connectivity index (χ0) is 19.4. The first kappa shape index (κ1) is 18.8. The van der Waals surface area contributed by atoms with Crippen LogP contribution in [0.1, 0.15) is 31.3 Å². The number of aromatic nitrogens is 2. The van der Waals surface area contributed by atoms with E-state index in [1.165, 1.54) is 0 Å². The molecule has 0 saturated carbocycles. The summed E-state index contributed by atoms with van der Waals surface area (Å²) < 4.78 is 12.9. The Balaban J connectivity index is 1.77. The van der Waals surface area contributed by atoms with Gasteiger partial charge in [-0.25, -0.2) is 4.98 Å². The molecular weight excluding hydrogens is 342 g/mol. The molecule has 142 valence electrons. The number of rotatable bonds is 7.